The smallest absolute Gasteiger partial charge is 0.131 e. The number of halogens is 1. The topological polar surface area (TPSA) is 58.0 Å². The standard InChI is InChI=1S/C24H26ClN3O/c1-24(2,3)28-23(29)19-11-17(15-6-8-20(25)9-7-15)10-18(12-19)21-13-26-14-27-22(21)16-4-5-16/h6-14,16,23,28-29H,4-5H2,1-3H3. The molecular weight excluding hydrogens is 382 g/mol. The minimum absolute atomic E-state index is 0.217. The van der Waals surface area contributed by atoms with Crippen LogP contribution in [0.1, 0.15) is 57.0 Å². The normalized spacial score (nSPS) is 15.3. The quantitative estimate of drug-likeness (QED) is 0.531. The van der Waals surface area contributed by atoms with E-state index in [0.717, 1.165) is 33.5 Å². The van der Waals surface area contributed by atoms with Crippen molar-refractivity contribution >= 4 is 11.6 Å². The molecule has 0 spiro atoms. The molecule has 3 aromatic rings. The Balaban J connectivity index is 1.83. The second-order valence-corrected chi connectivity index (χ2v) is 9.18. The number of aliphatic hydroxyl groups excluding tert-OH is 1. The summed E-state index contributed by atoms with van der Waals surface area (Å²) < 4.78 is 0. The van der Waals surface area contributed by atoms with Crippen molar-refractivity contribution in [2.75, 3.05) is 0 Å². The number of benzene rings is 2. The maximum Gasteiger partial charge on any atom is 0.131 e. The number of hydrogen-bond donors (Lipinski definition) is 2. The van der Waals surface area contributed by atoms with Crippen molar-refractivity contribution in [1.82, 2.24) is 15.3 Å². The van der Waals surface area contributed by atoms with Crippen molar-refractivity contribution in [1.29, 1.82) is 0 Å². The van der Waals surface area contributed by atoms with Crippen LogP contribution in [-0.2, 0) is 0 Å². The first-order valence-electron chi connectivity index (χ1n) is 9.97. The van der Waals surface area contributed by atoms with Gasteiger partial charge in [-0.15, -0.1) is 0 Å². The monoisotopic (exact) mass is 407 g/mol. The molecule has 29 heavy (non-hydrogen) atoms. The Bertz CT molecular complexity index is 1010. The molecule has 1 atom stereocenters. The molecule has 2 aromatic carbocycles. The maximum absolute atomic E-state index is 10.9. The van der Waals surface area contributed by atoms with E-state index in [4.69, 9.17) is 11.6 Å². The lowest BCUT2D eigenvalue weighted by atomic mass is 9.94. The van der Waals surface area contributed by atoms with Crippen molar-refractivity contribution in [3.05, 3.63) is 71.3 Å². The van der Waals surface area contributed by atoms with Crippen LogP contribution in [0, 0.1) is 0 Å². The van der Waals surface area contributed by atoms with Gasteiger partial charge >= 0.3 is 0 Å². The summed E-state index contributed by atoms with van der Waals surface area (Å²) in [5, 5.41) is 14.8. The zero-order chi connectivity index (χ0) is 20.6. The van der Waals surface area contributed by atoms with E-state index in [9.17, 15) is 5.11 Å². The van der Waals surface area contributed by atoms with E-state index in [0.29, 0.717) is 10.9 Å². The Morgan fingerprint density at radius 3 is 2.38 bits per heavy atom. The Hall–Kier alpha value is -2.27. The van der Waals surface area contributed by atoms with Gasteiger partial charge in [0.2, 0.25) is 0 Å². The highest BCUT2D eigenvalue weighted by Gasteiger charge is 2.28. The van der Waals surface area contributed by atoms with Crippen LogP contribution in [-0.4, -0.2) is 20.6 Å². The zero-order valence-corrected chi connectivity index (χ0v) is 17.7. The van der Waals surface area contributed by atoms with Crippen molar-refractivity contribution in [3.8, 4) is 22.3 Å². The van der Waals surface area contributed by atoms with E-state index in [2.05, 4.69) is 21.4 Å². The van der Waals surface area contributed by atoms with Gasteiger partial charge in [-0.1, -0.05) is 23.7 Å². The van der Waals surface area contributed by atoms with Crippen LogP contribution < -0.4 is 5.32 Å². The third-order valence-electron chi connectivity index (χ3n) is 5.04. The van der Waals surface area contributed by atoms with Crippen LogP contribution in [0.25, 0.3) is 22.3 Å². The van der Waals surface area contributed by atoms with Gasteiger partial charge in [0.1, 0.15) is 12.6 Å². The van der Waals surface area contributed by atoms with Crippen LogP contribution in [0.3, 0.4) is 0 Å². The number of hydrogen-bond acceptors (Lipinski definition) is 4. The first-order valence-corrected chi connectivity index (χ1v) is 10.3. The Morgan fingerprint density at radius 2 is 1.72 bits per heavy atom. The fraction of sp³-hybridized carbons (Fsp3) is 0.333. The molecule has 1 unspecified atom stereocenters. The second kappa shape index (κ2) is 7.86. The second-order valence-electron chi connectivity index (χ2n) is 8.74. The number of nitrogens with zero attached hydrogens (tertiary/aromatic N) is 2. The highest BCUT2D eigenvalue weighted by atomic mass is 35.5. The van der Waals surface area contributed by atoms with Crippen molar-refractivity contribution < 1.29 is 5.11 Å². The van der Waals surface area contributed by atoms with Crippen molar-refractivity contribution in [2.45, 2.75) is 51.3 Å². The van der Waals surface area contributed by atoms with Crippen LogP contribution in [0.15, 0.2) is 55.0 Å². The summed E-state index contributed by atoms with van der Waals surface area (Å²) in [5.41, 5.74) is 5.82. The third-order valence-corrected chi connectivity index (χ3v) is 5.29. The van der Waals surface area contributed by atoms with Gasteiger partial charge in [-0.3, -0.25) is 5.32 Å². The first kappa shape index (κ1) is 20.0. The van der Waals surface area contributed by atoms with Gasteiger partial charge in [0.15, 0.2) is 0 Å². The molecule has 0 radical (unpaired) electrons. The highest BCUT2D eigenvalue weighted by molar-refractivity contribution is 6.30. The minimum atomic E-state index is -0.782. The molecule has 4 rings (SSSR count). The number of aromatic nitrogens is 2. The first-order chi connectivity index (χ1) is 13.8. The van der Waals surface area contributed by atoms with Crippen LogP contribution in [0.2, 0.25) is 5.02 Å². The average Bonchev–Trinajstić information content (AvgIpc) is 3.52. The van der Waals surface area contributed by atoms with Gasteiger partial charge in [-0.05, 0) is 86.2 Å². The molecule has 4 nitrogen and oxygen atoms in total. The van der Waals surface area contributed by atoms with Crippen LogP contribution >= 0.6 is 11.6 Å². The van der Waals surface area contributed by atoms with E-state index < -0.39 is 6.23 Å². The zero-order valence-electron chi connectivity index (χ0n) is 17.0. The van der Waals surface area contributed by atoms with Gasteiger partial charge in [0.05, 0.1) is 5.69 Å². The average molecular weight is 408 g/mol. The van der Waals surface area contributed by atoms with Gasteiger partial charge in [-0.25, -0.2) is 9.97 Å². The molecule has 1 fully saturated rings. The fourth-order valence-corrected chi connectivity index (χ4v) is 3.64. The molecule has 1 saturated carbocycles. The van der Waals surface area contributed by atoms with Crippen LogP contribution in [0.4, 0.5) is 0 Å². The number of rotatable bonds is 5. The lowest BCUT2D eigenvalue weighted by molar-refractivity contribution is 0.107. The van der Waals surface area contributed by atoms with E-state index in [1.54, 1.807) is 6.33 Å². The molecular formula is C24H26ClN3O. The van der Waals surface area contributed by atoms with E-state index >= 15 is 0 Å². The predicted octanol–water partition coefficient (Wildman–Crippen LogP) is 5.72. The predicted molar refractivity (Wildman–Crippen MR) is 118 cm³/mol. The van der Waals surface area contributed by atoms with E-state index in [-0.39, 0.29) is 5.54 Å². The van der Waals surface area contributed by atoms with Gasteiger partial charge < -0.3 is 5.11 Å². The molecule has 0 bridgehead atoms. The Labute approximate surface area is 177 Å². The summed E-state index contributed by atoms with van der Waals surface area (Å²) in [6.45, 7) is 6.11. The molecule has 150 valence electrons. The number of aliphatic hydroxyl groups is 1. The molecule has 0 saturated heterocycles. The SMILES string of the molecule is CC(C)(C)NC(O)c1cc(-c2ccc(Cl)cc2)cc(-c2cncnc2C2CC2)c1. The highest BCUT2D eigenvalue weighted by Crippen LogP contribution is 2.43. The summed E-state index contributed by atoms with van der Waals surface area (Å²) >= 11 is 6.08. The van der Waals surface area contributed by atoms with E-state index in [1.165, 1.54) is 12.8 Å². The Morgan fingerprint density at radius 1 is 1.03 bits per heavy atom. The molecule has 0 amide bonds. The van der Waals surface area contributed by atoms with Gasteiger partial charge in [-0.2, -0.15) is 0 Å². The van der Waals surface area contributed by atoms with Gasteiger partial charge in [0.25, 0.3) is 0 Å². The van der Waals surface area contributed by atoms with Crippen molar-refractivity contribution in [3.63, 3.8) is 0 Å². The summed E-state index contributed by atoms with van der Waals surface area (Å²) in [6.07, 6.45) is 5.06. The lowest BCUT2D eigenvalue weighted by Gasteiger charge is -2.26. The summed E-state index contributed by atoms with van der Waals surface area (Å²) in [6, 6.07) is 14.0. The fourth-order valence-electron chi connectivity index (χ4n) is 3.51. The third kappa shape index (κ3) is 4.84. The van der Waals surface area contributed by atoms with Crippen LogP contribution in [0.5, 0.6) is 0 Å². The lowest BCUT2D eigenvalue weighted by Crippen LogP contribution is -2.38. The van der Waals surface area contributed by atoms with Crippen molar-refractivity contribution in [2.24, 2.45) is 0 Å². The largest absolute Gasteiger partial charge is 0.374 e. The maximum atomic E-state index is 10.9. The molecule has 1 aromatic heterocycles. The summed E-state index contributed by atoms with van der Waals surface area (Å²) in [5.74, 6) is 0.508. The molecule has 1 heterocycles. The van der Waals surface area contributed by atoms with E-state index in [1.807, 2.05) is 63.4 Å². The Kier molecular flexibility index (Phi) is 5.43. The molecule has 5 heteroatoms. The minimum Gasteiger partial charge on any atom is -0.374 e. The van der Waals surface area contributed by atoms with Gasteiger partial charge in [0, 0.05) is 28.2 Å². The molecule has 1 aliphatic carbocycles. The molecule has 0 aliphatic heterocycles. The summed E-state index contributed by atoms with van der Waals surface area (Å²) in [7, 11) is 0. The summed E-state index contributed by atoms with van der Waals surface area (Å²) in [4.78, 5) is 8.83. The molecule has 1 aliphatic rings. The number of nitrogens with one attached hydrogen (secondary N) is 1. The molecule has 2 N–H and O–H groups in total.